The predicted molar refractivity (Wildman–Crippen MR) is 84.6 cm³/mol. The Labute approximate surface area is 133 Å². The zero-order valence-electron chi connectivity index (χ0n) is 12.0. The minimum absolute atomic E-state index is 0.00128. The zero-order valence-corrected chi connectivity index (χ0v) is 12.8. The summed E-state index contributed by atoms with van der Waals surface area (Å²) in [5, 5.41) is 0.570. The van der Waals surface area contributed by atoms with Gasteiger partial charge in [0.2, 0.25) is 0 Å². The zero-order chi connectivity index (χ0) is 15.7. The first kappa shape index (κ1) is 14.6. The molecule has 2 aromatic carbocycles. The van der Waals surface area contributed by atoms with Crippen LogP contribution in [0.5, 0.6) is 5.75 Å². The van der Waals surface area contributed by atoms with Gasteiger partial charge >= 0.3 is 5.97 Å². The maximum atomic E-state index is 12.3. The van der Waals surface area contributed by atoms with E-state index < -0.39 is 5.97 Å². The van der Waals surface area contributed by atoms with Crippen LogP contribution >= 0.6 is 11.6 Å². The highest BCUT2D eigenvalue weighted by Crippen LogP contribution is 2.34. The molecule has 2 aromatic rings. The number of hydrogen-bond acceptors (Lipinski definition) is 4. The van der Waals surface area contributed by atoms with E-state index in [0.29, 0.717) is 28.6 Å². The molecule has 0 radical (unpaired) electrons. The van der Waals surface area contributed by atoms with Crippen molar-refractivity contribution in [2.75, 3.05) is 11.4 Å². The number of Topliss-reactive ketones (excluding diaryl/α,β-unsaturated/α-hetero) is 1. The molecule has 1 aliphatic heterocycles. The summed E-state index contributed by atoms with van der Waals surface area (Å²) in [5.74, 6) is 0.0499. The standard InChI is InChI=1S/C17H14ClNO3/c1-11(20)22-17-8-3-2-7-15(17)19-9-13-12(16(21)10-19)5-4-6-14(13)18/h2-8H,9-10H2,1H3. The topological polar surface area (TPSA) is 46.6 Å². The minimum Gasteiger partial charge on any atom is -0.425 e. The fraction of sp³-hybridized carbons (Fsp3) is 0.176. The van der Waals surface area contributed by atoms with E-state index in [0.717, 1.165) is 5.56 Å². The van der Waals surface area contributed by atoms with E-state index >= 15 is 0 Å². The summed E-state index contributed by atoms with van der Waals surface area (Å²) in [7, 11) is 0. The molecule has 4 nitrogen and oxygen atoms in total. The van der Waals surface area contributed by atoms with E-state index in [9.17, 15) is 9.59 Å². The molecule has 22 heavy (non-hydrogen) atoms. The molecule has 0 saturated carbocycles. The van der Waals surface area contributed by atoms with E-state index in [1.165, 1.54) is 6.92 Å². The molecule has 1 heterocycles. The summed E-state index contributed by atoms with van der Waals surface area (Å²) in [6.07, 6.45) is 0. The molecule has 0 aliphatic carbocycles. The van der Waals surface area contributed by atoms with Crippen molar-refractivity contribution in [3.8, 4) is 5.75 Å². The van der Waals surface area contributed by atoms with Crippen LogP contribution < -0.4 is 9.64 Å². The summed E-state index contributed by atoms with van der Waals surface area (Å²) < 4.78 is 5.23. The van der Waals surface area contributed by atoms with Crippen LogP contribution in [0.1, 0.15) is 22.8 Å². The van der Waals surface area contributed by atoms with Crippen molar-refractivity contribution in [2.45, 2.75) is 13.5 Å². The molecule has 0 spiro atoms. The van der Waals surface area contributed by atoms with Crippen LogP contribution in [0.15, 0.2) is 42.5 Å². The minimum atomic E-state index is -0.394. The van der Waals surface area contributed by atoms with Crippen molar-refractivity contribution in [1.29, 1.82) is 0 Å². The first-order valence-corrected chi connectivity index (χ1v) is 7.27. The van der Waals surface area contributed by atoms with E-state index in [1.54, 1.807) is 30.3 Å². The van der Waals surface area contributed by atoms with Gasteiger partial charge in [-0.3, -0.25) is 9.59 Å². The van der Waals surface area contributed by atoms with Crippen molar-refractivity contribution in [3.05, 3.63) is 58.6 Å². The van der Waals surface area contributed by atoms with Crippen molar-refractivity contribution in [2.24, 2.45) is 0 Å². The van der Waals surface area contributed by atoms with E-state index in [-0.39, 0.29) is 12.3 Å². The van der Waals surface area contributed by atoms with Gasteiger partial charge < -0.3 is 9.64 Å². The summed E-state index contributed by atoms with van der Waals surface area (Å²) in [6, 6.07) is 12.5. The van der Waals surface area contributed by atoms with Crippen molar-refractivity contribution in [1.82, 2.24) is 0 Å². The normalized spacial score (nSPS) is 13.7. The molecular formula is C17H14ClNO3. The number of benzene rings is 2. The Morgan fingerprint density at radius 3 is 2.68 bits per heavy atom. The van der Waals surface area contributed by atoms with Crippen LogP contribution in [0.4, 0.5) is 5.69 Å². The van der Waals surface area contributed by atoms with E-state index in [4.69, 9.17) is 16.3 Å². The average molecular weight is 316 g/mol. The number of para-hydroxylation sites is 2. The van der Waals surface area contributed by atoms with Gasteiger partial charge in [-0.25, -0.2) is 0 Å². The van der Waals surface area contributed by atoms with Gasteiger partial charge in [0.1, 0.15) is 0 Å². The maximum Gasteiger partial charge on any atom is 0.308 e. The van der Waals surface area contributed by atoms with Gasteiger partial charge in [-0.1, -0.05) is 35.9 Å². The van der Waals surface area contributed by atoms with Gasteiger partial charge in [-0.15, -0.1) is 0 Å². The third kappa shape index (κ3) is 2.70. The van der Waals surface area contributed by atoms with Crippen molar-refractivity contribution >= 4 is 29.0 Å². The highest BCUT2D eigenvalue weighted by molar-refractivity contribution is 6.32. The summed E-state index contributed by atoms with van der Waals surface area (Å²) >= 11 is 6.22. The molecule has 1 aliphatic rings. The molecule has 0 bridgehead atoms. The van der Waals surface area contributed by atoms with E-state index in [1.807, 2.05) is 17.0 Å². The number of halogens is 1. The summed E-state index contributed by atoms with van der Waals surface area (Å²) in [4.78, 5) is 25.5. The number of fused-ring (bicyclic) bond motifs is 1. The Hall–Kier alpha value is -2.33. The number of esters is 1. The van der Waals surface area contributed by atoms with Crippen LogP contribution in [-0.2, 0) is 11.3 Å². The molecule has 0 atom stereocenters. The lowest BCUT2D eigenvalue weighted by Gasteiger charge is -2.31. The quantitative estimate of drug-likeness (QED) is 0.629. The Morgan fingerprint density at radius 1 is 1.14 bits per heavy atom. The average Bonchev–Trinajstić information content (AvgIpc) is 2.48. The van der Waals surface area contributed by atoms with Gasteiger partial charge in [0.25, 0.3) is 0 Å². The molecule has 0 aromatic heterocycles. The van der Waals surface area contributed by atoms with Gasteiger partial charge in [0.15, 0.2) is 11.5 Å². The second-order valence-corrected chi connectivity index (χ2v) is 5.51. The molecule has 0 amide bonds. The monoisotopic (exact) mass is 315 g/mol. The molecule has 0 N–H and O–H groups in total. The highest BCUT2D eigenvalue weighted by Gasteiger charge is 2.26. The maximum absolute atomic E-state index is 12.3. The number of nitrogens with zero attached hydrogens (tertiary/aromatic N) is 1. The lowest BCUT2D eigenvalue weighted by molar-refractivity contribution is -0.131. The molecular weight excluding hydrogens is 302 g/mol. The van der Waals surface area contributed by atoms with E-state index in [2.05, 4.69) is 0 Å². The number of carbonyl (C=O) groups excluding carboxylic acids is 2. The summed E-state index contributed by atoms with van der Waals surface area (Å²) in [6.45, 7) is 2.08. The SMILES string of the molecule is CC(=O)Oc1ccccc1N1CC(=O)c2cccc(Cl)c2C1. The van der Waals surface area contributed by atoms with Crippen LogP contribution in [0.25, 0.3) is 0 Å². The summed E-state index contributed by atoms with van der Waals surface area (Å²) in [5.41, 5.74) is 2.17. The third-order valence-corrected chi connectivity index (χ3v) is 3.92. The lowest BCUT2D eigenvalue weighted by atomic mass is 9.98. The third-order valence-electron chi connectivity index (χ3n) is 3.56. The first-order chi connectivity index (χ1) is 10.6. The smallest absolute Gasteiger partial charge is 0.308 e. The number of ketones is 1. The van der Waals surface area contributed by atoms with Crippen LogP contribution in [-0.4, -0.2) is 18.3 Å². The Morgan fingerprint density at radius 2 is 1.91 bits per heavy atom. The van der Waals surface area contributed by atoms with Crippen LogP contribution in [0, 0.1) is 0 Å². The van der Waals surface area contributed by atoms with Gasteiger partial charge in [0, 0.05) is 29.6 Å². The van der Waals surface area contributed by atoms with Crippen LogP contribution in [0.2, 0.25) is 5.02 Å². The lowest BCUT2D eigenvalue weighted by Crippen LogP contribution is -2.35. The van der Waals surface area contributed by atoms with Gasteiger partial charge in [-0.2, -0.15) is 0 Å². The predicted octanol–water partition coefficient (Wildman–Crippen LogP) is 3.47. The number of hydrogen-bond donors (Lipinski definition) is 0. The Kier molecular flexibility index (Phi) is 3.86. The number of anilines is 1. The highest BCUT2D eigenvalue weighted by atomic mass is 35.5. The van der Waals surface area contributed by atoms with Crippen molar-refractivity contribution in [3.63, 3.8) is 0 Å². The van der Waals surface area contributed by atoms with Gasteiger partial charge in [-0.05, 0) is 18.2 Å². The number of rotatable bonds is 2. The van der Waals surface area contributed by atoms with Gasteiger partial charge in [0.05, 0.1) is 12.2 Å². The molecule has 3 rings (SSSR count). The molecule has 0 saturated heterocycles. The fourth-order valence-corrected chi connectivity index (χ4v) is 2.85. The number of carbonyl (C=O) groups is 2. The molecule has 112 valence electrons. The second kappa shape index (κ2) is 5.81. The molecule has 5 heteroatoms. The Bertz CT molecular complexity index is 757. The molecule has 0 fully saturated rings. The number of ether oxygens (including phenoxy) is 1. The fourth-order valence-electron chi connectivity index (χ4n) is 2.62. The first-order valence-electron chi connectivity index (χ1n) is 6.89. The molecule has 0 unspecified atom stereocenters. The van der Waals surface area contributed by atoms with Crippen molar-refractivity contribution < 1.29 is 14.3 Å². The second-order valence-electron chi connectivity index (χ2n) is 5.11. The largest absolute Gasteiger partial charge is 0.425 e. The van der Waals surface area contributed by atoms with Crippen LogP contribution in [0.3, 0.4) is 0 Å². The Balaban J connectivity index is 2.00.